The molecule has 25 heavy (non-hydrogen) atoms. The second-order valence-corrected chi connectivity index (χ2v) is 6.48. The van der Waals surface area contributed by atoms with E-state index in [1.807, 2.05) is 48.5 Å². The molecule has 1 aromatic heterocycles. The second kappa shape index (κ2) is 7.66. The summed E-state index contributed by atoms with van der Waals surface area (Å²) in [6.07, 6.45) is 0. The maximum atomic E-state index is 6.25. The normalized spacial score (nSPS) is 11.6. The number of nitrogens with zero attached hydrogens (tertiary/aromatic N) is 2. The average Bonchev–Trinajstić information content (AvgIpc) is 3.11. The molecule has 3 heteroatoms. The Morgan fingerprint density at radius 3 is 1.80 bits per heavy atom. The van der Waals surface area contributed by atoms with Gasteiger partial charge in [-0.3, -0.25) is 0 Å². The Morgan fingerprint density at radius 2 is 1.28 bits per heavy atom. The molecule has 0 aliphatic rings. The third-order valence-corrected chi connectivity index (χ3v) is 5.25. The first kappa shape index (κ1) is 17.4. The lowest BCUT2D eigenvalue weighted by Crippen LogP contribution is -2.46. The van der Waals surface area contributed by atoms with Crippen molar-refractivity contribution in [2.45, 2.75) is 27.3 Å². The summed E-state index contributed by atoms with van der Waals surface area (Å²) in [5.74, 6) is 1.60. The van der Waals surface area contributed by atoms with E-state index < -0.39 is 0 Å². The lowest BCUT2D eigenvalue weighted by Gasteiger charge is -2.35. The fourth-order valence-corrected chi connectivity index (χ4v) is 3.30. The van der Waals surface area contributed by atoms with Gasteiger partial charge in [0.15, 0.2) is 5.76 Å². The number of hydrogen-bond acceptors (Lipinski definition) is 2. The summed E-state index contributed by atoms with van der Waals surface area (Å²) in [5.41, 5.74) is 3.16. The predicted molar refractivity (Wildman–Crippen MR) is 103 cm³/mol. The molecule has 2 aromatic carbocycles. The van der Waals surface area contributed by atoms with Gasteiger partial charge in [-0.1, -0.05) is 48.5 Å². The van der Waals surface area contributed by atoms with E-state index in [1.54, 1.807) is 0 Å². The molecule has 0 unspecified atom stereocenters. The van der Waals surface area contributed by atoms with Crippen molar-refractivity contribution in [1.82, 2.24) is 4.98 Å². The van der Waals surface area contributed by atoms with Crippen LogP contribution in [-0.2, 0) is 6.54 Å². The molecule has 0 fully saturated rings. The van der Waals surface area contributed by atoms with Crippen molar-refractivity contribution in [3.63, 3.8) is 0 Å². The highest BCUT2D eigenvalue weighted by Crippen LogP contribution is 2.31. The van der Waals surface area contributed by atoms with Gasteiger partial charge in [-0.2, -0.15) is 0 Å². The number of quaternary nitrogens is 1. The van der Waals surface area contributed by atoms with E-state index in [9.17, 15) is 0 Å². The van der Waals surface area contributed by atoms with Gasteiger partial charge in [0.1, 0.15) is 12.2 Å². The molecule has 0 saturated heterocycles. The van der Waals surface area contributed by atoms with E-state index in [1.165, 1.54) is 0 Å². The van der Waals surface area contributed by atoms with Gasteiger partial charge in [-0.25, -0.2) is 4.98 Å². The number of oxazole rings is 1. The molecule has 0 amide bonds. The fraction of sp³-hybridized carbons (Fsp3) is 0.318. The van der Waals surface area contributed by atoms with Gasteiger partial charge in [-0.15, -0.1) is 0 Å². The Hall–Kier alpha value is -2.39. The Balaban J connectivity index is 2.08. The molecule has 0 atom stereocenters. The molecule has 3 nitrogen and oxygen atoms in total. The zero-order chi connectivity index (χ0) is 17.7. The molecule has 3 aromatic rings. The minimum atomic E-state index is 0.705. The van der Waals surface area contributed by atoms with Crippen molar-refractivity contribution in [2.75, 3.05) is 19.6 Å². The largest absolute Gasteiger partial charge is 0.436 e. The topological polar surface area (TPSA) is 26.0 Å². The van der Waals surface area contributed by atoms with E-state index >= 15 is 0 Å². The zero-order valence-electron chi connectivity index (χ0n) is 15.4. The summed E-state index contributed by atoms with van der Waals surface area (Å²) >= 11 is 0. The van der Waals surface area contributed by atoms with Gasteiger partial charge >= 0.3 is 0 Å². The molecular weight excluding hydrogens is 308 g/mol. The first-order valence-electron chi connectivity index (χ1n) is 9.17. The number of benzene rings is 2. The van der Waals surface area contributed by atoms with Gasteiger partial charge in [0.25, 0.3) is 0 Å². The molecule has 0 bridgehead atoms. The van der Waals surface area contributed by atoms with E-state index in [-0.39, 0.29) is 0 Å². The lowest BCUT2D eigenvalue weighted by atomic mass is 10.1. The molecular formula is C22H27N2O+. The Morgan fingerprint density at radius 1 is 0.760 bits per heavy atom. The molecule has 0 aliphatic heterocycles. The van der Waals surface area contributed by atoms with Crippen LogP contribution in [-0.4, -0.2) is 29.1 Å². The lowest BCUT2D eigenvalue weighted by molar-refractivity contribution is -0.936. The van der Waals surface area contributed by atoms with Crippen molar-refractivity contribution >= 4 is 0 Å². The summed E-state index contributed by atoms with van der Waals surface area (Å²) in [4.78, 5) is 4.90. The smallest absolute Gasteiger partial charge is 0.227 e. The van der Waals surface area contributed by atoms with Crippen molar-refractivity contribution in [3.8, 4) is 22.8 Å². The number of rotatable bonds is 7. The van der Waals surface area contributed by atoms with E-state index in [0.29, 0.717) is 5.89 Å². The van der Waals surface area contributed by atoms with Crippen LogP contribution < -0.4 is 0 Å². The van der Waals surface area contributed by atoms with Crippen molar-refractivity contribution in [3.05, 3.63) is 66.4 Å². The first-order valence-corrected chi connectivity index (χ1v) is 9.17. The SMILES string of the molecule is CC[N+](CC)(CC)Cc1nc(-c2ccccc2)oc1-c1ccccc1. The molecule has 0 spiro atoms. The van der Waals surface area contributed by atoms with Crippen LogP contribution in [0.3, 0.4) is 0 Å². The number of hydrogen-bond donors (Lipinski definition) is 0. The van der Waals surface area contributed by atoms with Crippen LogP contribution in [0.5, 0.6) is 0 Å². The van der Waals surface area contributed by atoms with Crippen LogP contribution in [0.25, 0.3) is 22.8 Å². The van der Waals surface area contributed by atoms with Crippen LogP contribution in [0.1, 0.15) is 26.5 Å². The molecule has 0 aliphatic carbocycles. The maximum absolute atomic E-state index is 6.25. The minimum Gasteiger partial charge on any atom is -0.436 e. The van der Waals surface area contributed by atoms with Crippen molar-refractivity contribution in [2.24, 2.45) is 0 Å². The molecule has 130 valence electrons. The summed E-state index contributed by atoms with van der Waals surface area (Å²) in [5, 5.41) is 0. The summed E-state index contributed by atoms with van der Waals surface area (Å²) in [6.45, 7) is 10.9. The Kier molecular flexibility index (Phi) is 5.34. The Labute approximate surface area is 150 Å². The van der Waals surface area contributed by atoms with Gasteiger partial charge in [-0.05, 0) is 32.9 Å². The van der Waals surface area contributed by atoms with Crippen molar-refractivity contribution in [1.29, 1.82) is 0 Å². The standard InChI is InChI=1S/C22H27N2O/c1-4-24(5-2,6-3)17-20-21(18-13-9-7-10-14-18)25-22(23-20)19-15-11-8-12-16-19/h7-16H,4-6,17H2,1-3H3/q+1. The molecule has 0 radical (unpaired) electrons. The molecule has 0 N–H and O–H groups in total. The second-order valence-electron chi connectivity index (χ2n) is 6.48. The van der Waals surface area contributed by atoms with Gasteiger partial charge in [0.2, 0.25) is 5.89 Å². The summed E-state index contributed by atoms with van der Waals surface area (Å²) in [6, 6.07) is 20.5. The van der Waals surface area contributed by atoms with Crippen LogP contribution in [0.2, 0.25) is 0 Å². The van der Waals surface area contributed by atoms with Gasteiger partial charge < -0.3 is 8.90 Å². The Bertz CT molecular complexity index is 781. The first-order chi connectivity index (χ1) is 12.2. The van der Waals surface area contributed by atoms with E-state index in [2.05, 4.69) is 32.9 Å². The van der Waals surface area contributed by atoms with Crippen molar-refractivity contribution < 1.29 is 8.90 Å². The highest BCUT2D eigenvalue weighted by atomic mass is 16.4. The summed E-state index contributed by atoms with van der Waals surface area (Å²) < 4.78 is 7.26. The molecule has 1 heterocycles. The van der Waals surface area contributed by atoms with Crippen LogP contribution >= 0.6 is 0 Å². The van der Waals surface area contributed by atoms with Crippen LogP contribution in [0, 0.1) is 0 Å². The highest BCUT2D eigenvalue weighted by molar-refractivity contribution is 5.64. The van der Waals surface area contributed by atoms with E-state index in [4.69, 9.17) is 9.40 Å². The third-order valence-electron chi connectivity index (χ3n) is 5.25. The van der Waals surface area contributed by atoms with Crippen LogP contribution in [0.4, 0.5) is 0 Å². The monoisotopic (exact) mass is 335 g/mol. The molecule has 0 saturated carbocycles. The predicted octanol–water partition coefficient (Wildman–Crippen LogP) is 5.39. The average molecular weight is 335 g/mol. The summed E-state index contributed by atoms with van der Waals surface area (Å²) in [7, 11) is 0. The third kappa shape index (κ3) is 3.67. The van der Waals surface area contributed by atoms with E-state index in [0.717, 1.165) is 53.2 Å². The van der Waals surface area contributed by atoms with Gasteiger partial charge in [0.05, 0.1) is 19.6 Å². The highest BCUT2D eigenvalue weighted by Gasteiger charge is 2.27. The minimum absolute atomic E-state index is 0.705. The van der Waals surface area contributed by atoms with Crippen LogP contribution in [0.15, 0.2) is 65.1 Å². The number of aromatic nitrogens is 1. The molecule has 3 rings (SSSR count). The van der Waals surface area contributed by atoms with Gasteiger partial charge in [0, 0.05) is 11.1 Å². The maximum Gasteiger partial charge on any atom is 0.227 e. The fourth-order valence-electron chi connectivity index (χ4n) is 3.30. The quantitative estimate of drug-likeness (QED) is 0.541. The zero-order valence-corrected chi connectivity index (χ0v) is 15.4.